The molecule has 6 heteroatoms. The van der Waals surface area contributed by atoms with Crippen LogP contribution in [0.15, 0.2) is 29.6 Å². The van der Waals surface area contributed by atoms with Crippen LogP contribution in [-0.4, -0.2) is 63.6 Å². The second-order valence-corrected chi connectivity index (χ2v) is 6.30. The summed E-state index contributed by atoms with van der Waals surface area (Å²) in [6, 6.07) is 0. The lowest BCUT2D eigenvalue weighted by molar-refractivity contribution is 0.0638. The second kappa shape index (κ2) is 8.62. The van der Waals surface area contributed by atoms with Crippen LogP contribution in [0.4, 0.5) is 0 Å². The quantitative estimate of drug-likeness (QED) is 0.817. The summed E-state index contributed by atoms with van der Waals surface area (Å²) in [6.07, 6.45) is 8.20. The molecule has 1 saturated heterocycles. The van der Waals surface area contributed by atoms with Gasteiger partial charge in [0.1, 0.15) is 6.33 Å². The Morgan fingerprint density at radius 2 is 1.96 bits per heavy atom. The Morgan fingerprint density at radius 3 is 2.57 bits per heavy atom. The van der Waals surface area contributed by atoms with Gasteiger partial charge < -0.3 is 4.90 Å². The van der Waals surface area contributed by atoms with Gasteiger partial charge in [0.25, 0.3) is 5.91 Å². The van der Waals surface area contributed by atoms with E-state index in [1.165, 1.54) is 17.5 Å². The summed E-state index contributed by atoms with van der Waals surface area (Å²) >= 11 is 0. The minimum absolute atomic E-state index is 0.0596. The highest BCUT2D eigenvalue weighted by Gasteiger charge is 2.23. The molecule has 0 aliphatic carbocycles. The molecule has 23 heavy (non-hydrogen) atoms. The number of hydrogen-bond acceptors (Lipinski definition) is 4. The summed E-state index contributed by atoms with van der Waals surface area (Å²) in [5.41, 5.74) is 2.81. The number of allylic oxidation sites excluding steroid dienone is 3. The highest BCUT2D eigenvalue weighted by molar-refractivity contribution is 5.90. The fourth-order valence-electron chi connectivity index (χ4n) is 2.57. The third kappa shape index (κ3) is 5.63. The van der Waals surface area contributed by atoms with Crippen molar-refractivity contribution < 1.29 is 4.79 Å². The number of nitrogens with zero attached hydrogens (tertiary/aromatic N) is 4. The van der Waals surface area contributed by atoms with Gasteiger partial charge in [0.15, 0.2) is 0 Å². The number of nitrogens with one attached hydrogen (secondary N) is 1. The number of hydrogen-bond donors (Lipinski definition) is 1. The van der Waals surface area contributed by atoms with Crippen molar-refractivity contribution in [2.45, 2.75) is 33.6 Å². The molecule has 1 amide bonds. The van der Waals surface area contributed by atoms with Crippen LogP contribution in [0.2, 0.25) is 0 Å². The Hall–Kier alpha value is -1.95. The van der Waals surface area contributed by atoms with Gasteiger partial charge in [0, 0.05) is 32.7 Å². The number of H-pyrrole nitrogens is 1. The van der Waals surface area contributed by atoms with Crippen LogP contribution < -0.4 is 0 Å². The maximum Gasteiger partial charge on any atom is 0.291 e. The predicted octanol–water partition coefficient (Wildman–Crippen LogP) is 2.26. The molecule has 1 aromatic rings. The second-order valence-electron chi connectivity index (χ2n) is 6.30. The van der Waals surface area contributed by atoms with Crippen molar-refractivity contribution in [2.75, 3.05) is 32.7 Å². The van der Waals surface area contributed by atoms with E-state index in [-0.39, 0.29) is 5.91 Å². The number of aromatic amines is 1. The molecule has 2 rings (SSSR count). The molecule has 0 atom stereocenters. The van der Waals surface area contributed by atoms with Gasteiger partial charge in [-0.1, -0.05) is 23.3 Å². The number of aromatic nitrogens is 3. The fourth-order valence-corrected chi connectivity index (χ4v) is 2.57. The number of rotatable bonds is 6. The maximum absolute atomic E-state index is 12.2. The van der Waals surface area contributed by atoms with Crippen molar-refractivity contribution >= 4 is 5.91 Å². The lowest BCUT2D eigenvalue weighted by Crippen LogP contribution is -2.48. The van der Waals surface area contributed by atoms with E-state index in [1.54, 1.807) is 0 Å². The zero-order valence-electron chi connectivity index (χ0n) is 14.4. The van der Waals surface area contributed by atoms with Gasteiger partial charge in [0.05, 0.1) is 0 Å². The summed E-state index contributed by atoms with van der Waals surface area (Å²) in [5.74, 6) is 0.268. The van der Waals surface area contributed by atoms with E-state index in [0.717, 1.165) is 45.6 Å². The first kappa shape index (κ1) is 17.4. The van der Waals surface area contributed by atoms with Crippen molar-refractivity contribution in [2.24, 2.45) is 0 Å². The molecule has 1 aliphatic heterocycles. The Balaban J connectivity index is 1.72. The van der Waals surface area contributed by atoms with E-state index >= 15 is 0 Å². The Labute approximate surface area is 138 Å². The van der Waals surface area contributed by atoms with Crippen LogP contribution in [-0.2, 0) is 0 Å². The van der Waals surface area contributed by atoms with E-state index in [2.05, 4.69) is 53.0 Å². The summed E-state index contributed by atoms with van der Waals surface area (Å²) in [7, 11) is 0. The Bertz CT molecular complexity index is 550. The topological polar surface area (TPSA) is 65.1 Å². The molecule has 2 heterocycles. The molecule has 1 fully saturated rings. The van der Waals surface area contributed by atoms with E-state index in [0.29, 0.717) is 5.82 Å². The van der Waals surface area contributed by atoms with Crippen LogP contribution >= 0.6 is 0 Å². The Kier molecular flexibility index (Phi) is 6.52. The van der Waals surface area contributed by atoms with Crippen LogP contribution in [0.25, 0.3) is 0 Å². The zero-order valence-corrected chi connectivity index (χ0v) is 14.4. The number of amides is 1. The average Bonchev–Trinajstić information content (AvgIpc) is 3.07. The van der Waals surface area contributed by atoms with E-state index in [9.17, 15) is 4.79 Å². The highest BCUT2D eigenvalue weighted by Crippen LogP contribution is 2.09. The van der Waals surface area contributed by atoms with Gasteiger partial charge in [-0.2, -0.15) is 5.10 Å². The van der Waals surface area contributed by atoms with Gasteiger partial charge in [-0.05, 0) is 33.6 Å². The number of carbonyl (C=O) groups is 1. The SMILES string of the molecule is CC(C)=CCC/C(C)=C/CN1CCN(C(=O)c2ncn[nH]2)CC1. The van der Waals surface area contributed by atoms with Gasteiger partial charge in [-0.3, -0.25) is 14.8 Å². The summed E-state index contributed by atoms with van der Waals surface area (Å²) < 4.78 is 0. The molecule has 0 saturated carbocycles. The first-order valence-corrected chi connectivity index (χ1v) is 8.22. The van der Waals surface area contributed by atoms with Crippen molar-refractivity contribution in [3.8, 4) is 0 Å². The number of piperazine rings is 1. The van der Waals surface area contributed by atoms with Crippen molar-refractivity contribution in [3.63, 3.8) is 0 Å². The third-order valence-corrected chi connectivity index (χ3v) is 4.07. The van der Waals surface area contributed by atoms with Crippen LogP contribution in [0.1, 0.15) is 44.2 Å². The van der Waals surface area contributed by atoms with Gasteiger partial charge in [-0.15, -0.1) is 0 Å². The zero-order chi connectivity index (χ0) is 16.7. The molecule has 1 aliphatic rings. The molecule has 1 aromatic heterocycles. The predicted molar refractivity (Wildman–Crippen MR) is 91.1 cm³/mol. The van der Waals surface area contributed by atoms with Crippen LogP contribution in [0, 0.1) is 0 Å². The molecule has 1 N–H and O–H groups in total. The minimum atomic E-state index is -0.0596. The van der Waals surface area contributed by atoms with E-state index < -0.39 is 0 Å². The lowest BCUT2D eigenvalue weighted by atomic mass is 10.1. The van der Waals surface area contributed by atoms with Crippen molar-refractivity contribution in [1.82, 2.24) is 25.0 Å². The fraction of sp³-hybridized carbons (Fsp3) is 0.588. The van der Waals surface area contributed by atoms with Gasteiger partial charge in [-0.25, -0.2) is 4.98 Å². The largest absolute Gasteiger partial charge is 0.333 e. The smallest absolute Gasteiger partial charge is 0.291 e. The van der Waals surface area contributed by atoms with Crippen LogP contribution in [0.5, 0.6) is 0 Å². The Morgan fingerprint density at radius 1 is 1.22 bits per heavy atom. The highest BCUT2D eigenvalue weighted by atomic mass is 16.2. The van der Waals surface area contributed by atoms with Gasteiger partial charge in [0.2, 0.25) is 5.82 Å². The van der Waals surface area contributed by atoms with E-state index in [4.69, 9.17) is 0 Å². The molecule has 126 valence electrons. The van der Waals surface area contributed by atoms with E-state index in [1.807, 2.05) is 4.90 Å². The van der Waals surface area contributed by atoms with Crippen molar-refractivity contribution in [1.29, 1.82) is 0 Å². The summed E-state index contributed by atoms with van der Waals surface area (Å²) in [4.78, 5) is 20.3. The molecule has 0 radical (unpaired) electrons. The molecule has 0 bridgehead atoms. The minimum Gasteiger partial charge on any atom is -0.333 e. The first-order chi connectivity index (χ1) is 11.1. The first-order valence-electron chi connectivity index (χ1n) is 8.22. The summed E-state index contributed by atoms with van der Waals surface area (Å²) in [5, 5.41) is 6.36. The molecule has 0 unspecified atom stereocenters. The molecule has 0 aromatic carbocycles. The van der Waals surface area contributed by atoms with Crippen LogP contribution in [0.3, 0.4) is 0 Å². The average molecular weight is 317 g/mol. The molecule has 0 spiro atoms. The third-order valence-electron chi connectivity index (χ3n) is 4.07. The summed E-state index contributed by atoms with van der Waals surface area (Å²) in [6.45, 7) is 10.7. The van der Waals surface area contributed by atoms with Gasteiger partial charge >= 0.3 is 0 Å². The van der Waals surface area contributed by atoms with Crippen molar-refractivity contribution in [3.05, 3.63) is 35.4 Å². The molecular weight excluding hydrogens is 290 g/mol. The molecule has 6 nitrogen and oxygen atoms in total. The maximum atomic E-state index is 12.2. The lowest BCUT2D eigenvalue weighted by Gasteiger charge is -2.33. The number of carbonyl (C=O) groups excluding carboxylic acids is 1. The normalized spacial score (nSPS) is 16.5. The monoisotopic (exact) mass is 317 g/mol. The molecular formula is C17H27N5O. The standard InChI is InChI=1S/C17H27N5O/c1-14(2)5-4-6-15(3)7-8-21-9-11-22(12-10-21)17(23)16-18-13-19-20-16/h5,7,13H,4,6,8-12H2,1-3H3,(H,18,19,20)/b15-7+.